The van der Waals surface area contributed by atoms with Gasteiger partial charge in [-0.05, 0) is 23.6 Å². The molecule has 1 aromatic carbocycles. The summed E-state index contributed by atoms with van der Waals surface area (Å²) in [6.45, 7) is 0. The maximum atomic E-state index is 11.6. The lowest BCUT2D eigenvalue weighted by atomic mass is 10.0. The fourth-order valence-electron chi connectivity index (χ4n) is 2.34. The number of anilines is 1. The number of amides is 1. The minimum Gasteiger partial charge on any atom is -0.289 e. The number of fused-ring (bicyclic) bond motifs is 1. The Hall–Kier alpha value is -1.99. The first kappa shape index (κ1) is 13.0. The zero-order valence-corrected chi connectivity index (χ0v) is 11.7. The first-order valence-corrected chi connectivity index (χ1v) is 6.95. The van der Waals surface area contributed by atoms with Crippen molar-refractivity contribution in [2.24, 2.45) is 7.05 Å². The SMILES string of the molecule is Cn1nccc1N1Sc2ccccc2C1CC(=O)NO. The highest BCUT2D eigenvalue weighted by atomic mass is 32.2. The molecule has 1 aliphatic rings. The third-order valence-corrected chi connectivity index (χ3v) is 4.49. The monoisotopic (exact) mass is 290 g/mol. The number of nitrogens with zero attached hydrogens (tertiary/aromatic N) is 3. The van der Waals surface area contributed by atoms with Gasteiger partial charge in [0.2, 0.25) is 5.91 Å². The second-order valence-corrected chi connectivity index (χ2v) is 5.54. The van der Waals surface area contributed by atoms with Crippen LogP contribution in [0.5, 0.6) is 0 Å². The Morgan fingerprint density at radius 2 is 2.25 bits per heavy atom. The fourth-order valence-corrected chi connectivity index (χ4v) is 3.59. The lowest BCUT2D eigenvalue weighted by Crippen LogP contribution is -2.27. The Balaban J connectivity index is 1.99. The summed E-state index contributed by atoms with van der Waals surface area (Å²) >= 11 is 1.58. The Bertz CT molecular complexity index is 643. The van der Waals surface area contributed by atoms with E-state index in [1.54, 1.807) is 28.3 Å². The van der Waals surface area contributed by atoms with Gasteiger partial charge in [-0.25, -0.2) is 5.48 Å². The van der Waals surface area contributed by atoms with Crippen LogP contribution in [-0.2, 0) is 11.8 Å². The van der Waals surface area contributed by atoms with Crippen LogP contribution in [0.25, 0.3) is 0 Å². The van der Waals surface area contributed by atoms with Crippen LogP contribution < -0.4 is 9.79 Å². The average molecular weight is 290 g/mol. The molecule has 20 heavy (non-hydrogen) atoms. The number of rotatable bonds is 3. The van der Waals surface area contributed by atoms with Gasteiger partial charge >= 0.3 is 0 Å². The van der Waals surface area contributed by atoms with E-state index in [0.29, 0.717) is 0 Å². The molecular weight excluding hydrogens is 276 g/mol. The van der Waals surface area contributed by atoms with E-state index in [9.17, 15) is 4.79 Å². The van der Waals surface area contributed by atoms with E-state index in [1.165, 1.54) is 0 Å². The van der Waals surface area contributed by atoms with Gasteiger partial charge in [0.1, 0.15) is 5.82 Å². The molecule has 0 aliphatic carbocycles. The summed E-state index contributed by atoms with van der Waals surface area (Å²) in [5, 5.41) is 12.9. The van der Waals surface area contributed by atoms with E-state index < -0.39 is 5.91 Å². The van der Waals surface area contributed by atoms with Crippen LogP contribution in [0.15, 0.2) is 41.4 Å². The smallest absolute Gasteiger partial charge is 0.245 e. The molecule has 1 aliphatic heterocycles. The van der Waals surface area contributed by atoms with Gasteiger partial charge in [-0.2, -0.15) is 5.10 Å². The highest BCUT2D eigenvalue weighted by molar-refractivity contribution is 8.01. The lowest BCUT2D eigenvalue weighted by Gasteiger charge is -2.24. The van der Waals surface area contributed by atoms with Crippen molar-refractivity contribution in [2.75, 3.05) is 4.31 Å². The highest BCUT2D eigenvalue weighted by Gasteiger charge is 2.34. The second kappa shape index (κ2) is 5.18. The zero-order chi connectivity index (χ0) is 14.1. The van der Waals surface area contributed by atoms with Crippen LogP contribution in [-0.4, -0.2) is 20.9 Å². The summed E-state index contributed by atoms with van der Waals surface area (Å²) in [6, 6.07) is 9.74. The van der Waals surface area contributed by atoms with Crippen molar-refractivity contribution in [3.05, 3.63) is 42.1 Å². The third kappa shape index (κ3) is 2.14. The van der Waals surface area contributed by atoms with Crippen molar-refractivity contribution in [1.29, 1.82) is 0 Å². The van der Waals surface area contributed by atoms with Crippen LogP contribution in [0.1, 0.15) is 18.0 Å². The number of nitrogens with one attached hydrogen (secondary N) is 1. The highest BCUT2D eigenvalue weighted by Crippen LogP contribution is 2.47. The molecule has 0 bridgehead atoms. The standard InChI is InChI=1S/C13H14N4O2S/c1-16-13(6-7-14-16)17-10(8-12(18)15-19)9-4-2-3-5-11(9)20-17/h2-7,10,19H,8H2,1H3,(H,15,18). The summed E-state index contributed by atoms with van der Waals surface area (Å²) in [6.07, 6.45) is 1.91. The molecule has 6 nitrogen and oxygen atoms in total. The Labute approximate surface area is 120 Å². The maximum absolute atomic E-state index is 11.6. The van der Waals surface area contributed by atoms with Crippen molar-refractivity contribution in [3.63, 3.8) is 0 Å². The Kier molecular flexibility index (Phi) is 3.37. The molecule has 0 radical (unpaired) electrons. The number of hydrogen-bond acceptors (Lipinski definition) is 5. The topological polar surface area (TPSA) is 70.4 Å². The largest absolute Gasteiger partial charge is 0.289 e. The molecule has 1 aromatic heterocycles. The first-order valence-electron chi connectivity index (χ1n) is 6.18. The molecule has 3 rings (SSSR count). The molecule has 0 fully saturated rings. The molecule has 1 amide bonds. The summed E-state index contributed by atoms with van der Waals surface area (Å²) in [5.74, 6) is 0.515. The predicted molar refractivity (Wildman–Crippen MR) is 75.3 cm³/mol. The Morgan fingerprint density at radius 1 is 1.45 bits per heavy atom. The van der Waals surface area contributed by atoms with Crippen molar-refractivity contribution < 1.29 is 10.0 Å². The van der Waals surface area contributed by atoms with Gasteiger partial charge in [0, 0.05) is 18.0 Å². The number of carbonyl (C=O) groups is 1. The number of aromatic nitrogens is 2. The molecular formula is C13H14N4O2S. The molecule has 7 heteroatoms. The molecule has 0 saturated carbocycles. The van der Waals surface area contributed by atoms with Gasteiger partial charge in [-0.1, -0.05) is 18.2 Å². The predicted octanol–water partition coefficient (Wildman–Crippen LogP) is 1.88. The number of hydroxylamine groups is 1. The van der Waals surface area contributed by atoms with E-state index in [2.05, 4.69) is 5.10 Å². The van der Waals surface area contributed by atoms with Crippen LogP contribution in [0.4, 0.5) is 5.82 Å². The van der Waals surface area contributed by atoms with Crippen LogP contribution in [0, 0.1) is 0 Å². The quantitative estimate of drug-likeness (QED) is 0.513. The average Bonchev–Trinajstić information content (AvgIpc) is 3.03. The van der Waals surface area contributed by atoms with E-state index in [0.717, 1.165) is 16.3 Å². The van der Waals surface area contributed by atoms with E-state index >= 15 is 0 Å². The Morgan fingerprint density at radius 3 is 2.95 bits per heavy atom. The van der Waals surface area contributed by atoms with Crippen molar-refractivity contribution >= 4 is 23.7 Å². The van der Waals surface area contributed by atoms with Crippen LogP contribution >= 0.6 is 11.9 Å². The van der Waals surface area contributed by atoms with E-state index in [1.807, 2.05) is 41.7 Å². The van der Waals surface area contributed by atoms with Crippen molar-refractivity contribution in [3.8, 4) is 0 Å². The van der Waals surface area contributed by atoms with Gasteiger partial charge in [0.25, 0.3) is 0 Å². The molecule has 1 atom stereocenters. The lowest BCUT2D eigenvalue weighted by molar-refractivity contribution is -0.129. The van der Waals surface area contributed by atoms with Crippen molar-refractivity contribution in [1.82, 2.24) is 15.3 Å². The minimum atomic E-state index is -0.403. The van der Waals surface area contributed by atoms with E-state index in [4.69, 9.17) is 5.21 Å². The maximum Gasteiger partial charge on any atom is 0.245 e. The number of hydrogen-bond donors (Lipinski definition) is 2. The first-order chi connectivity index (χ1) is 9.70. The summed E-state index contributed by atoms with van der Waals surface area (Å²) in [5.41, 5.74) is 2.79. The molecule has 2 heterocycles. The van der Waals surface area contributed by atoms with Crippen LogP contribution in [0.3, 0.4) is 0 Å². The summed E-state index contributed by atoms with van der Waals surface area (Å²) in [4.78, 5) is 12.7. The summed E-state index contributed by atoms with van der Waals surface area (Å²) in [7, 11) is 1.86. The fraction of sp³-hybridized carbons (Fsp3) is 0.231. The van der Waals surface area contributed by atoms with Crippen molar-refractivity contribution in [2.45, 2.75) is 17.4 Å². The number of benzene rings is 1. The van der Waals surface area contributed by atoms with E-state index in [-0.39, 0.29) is 12.5 Å². The molecule has 2 N–H and O–H groups in total. The molecule has 1 unspecified atom stereocenters. The molecule has 0 saturated heterocycles. The summed E-state index contributed by atoms with van der Waals surface area (Å²) < 4.78 is 3.82. The third-order valence-electron chi connectivity index (χ3n) is 3.28. The van der Waals surface area contributed by atoms with Crippen LogP contribution in [0.2, 0.25) is 0 Å². The van der Waals surface area contributed by atoms with Gasteiger partial charge in [-0.3, -0.25) is 19.0 Å². The van der Waals surface area contributed by atoms with Gasteiger partial charge in [0.05, 0.1) is 18.7 Å². The minimum absolute atomic E-state index is 0.126. The number of aryl methyl sites for hydroxylation is 1. The zero-order valence-electron chi connectivity index (χ0n) is 10.9. The number of carbonyl (C=O) groups excluding carboxylic acids is 1. The van der Waals surface area contributed by atoms with Gasteiger partial charge in [0.15, 0.2) is 0 Å². The van der Waals surface area contributed by atoms with Gasteiger partial charge in [-0.15, -0.1) is 0 Å². The molecule has 104 valence electrons. The molecule has 2 aromatic rings. The second-order valence-electron chi connectivity index (χ2n) is 4.52. The normalized spacial score (nSPS) is 17.1. The van der Waals surface area contributed by atoms with Gasteiger partial charge < -0.3 is 0 Å². The molecule has 0 spiro atoms.